The Bertz CT molecular complexity index is 734. The van der Waals surface area contributed by atoms with E-state index < -0.39 is 0 Å². The lowest BCUT2D eigenvalue weighted by atomic mass is 10.0. The van der Waals surface area contributed by atoms with Gasteiger partial charge < -0.3 is 9.15 Å². The van der Waals surface area contributed by atoms with Gasteiger partial charge in [0.2, 0.25) is 0 Å². The van der Waals surface area contributed by atoms with Crippen molar-refractivity contribution < 1.29 is 9.15 Å². The number of hydrogen-bond donors (Lipinski definition) is 0. The van der Waals surface area contributed by atoms with E-state index in [9.17, 15) is 4.79 Å². The lowest BCUT2D eigenvalue weighted by Gasteiger charge is -2.06. The van der Waals surface area contributed by atoms with Crippen LogP contribution in [0.5, 0.6) is 0 Å². The van der Waals surface area contributed by atoms with Gasteiger partial charge in [0.25, 0.3) is 0 Å². The summed E-state index contributed by atoms with van der Waals surface area (Å²) in [6.45, 7) is 0. The van der Waals surface area contributed by atoms with Gasteiger partial charge in [-0.25, -0.2) is 4.79 Å². The van der Waals surface area contributed by atoms with E-state index in [1.165, 1.54) is 0 Å². The minimum atomic E-state index is -0.321. The van der Waals surface area contributed by atoms with Gasteiger partial charge in [-0.2, -0.15) is 0 Å². The largest absolute Gasteiger partial charge is 0.422 e. The molecule has 2 aliphatic carbocycles. The van der Waals surface area contributed by atoms with Crippen LogP contribution in [0.2, 0.25) is 0 Å². The fourth-order valence-electron chi connectivity index (χ4n) is 2.29. The first-order chi connectivity index (χ1) is 9.79. The first-order valence-electron chi connectivity index (χ1n) is 6.41. The predicted molar refractivity (Wildman–Crippen MR) is 78.7 cm³/mol. The molecule has 0 aromatic heterocycles. The number of hydrogen-bond acceptors (Lipinski definition) is 3. The third kappa shape index (κ3) is 2.24. The first kappa shape index (κ1) is 12.6. The number of rotatable bonds is 2. The third-order valence-electron chi connectivity index (χ3n) is 3.27. The maximum absolute atomic E-state index is 12.1. The molecule has 3 heteroatoms. The average molecular weight is 266 g/mol. The summed E-state index contributed by atoms with van der Waals surface area (Å²) in [6.07, 6.45) is 9.39. The van der Waals surface area contributed by atoms with Crippen LogP contribution in [0.25, 0.3) is 16.9 Å². The molecule has 3 aliphatic rings. The van der Waals surface area contributed by atoms with Crippen molar-refractivity contribution in [2.24, 2.45) is 0 Å². The van der Waals surface area contributed by atoms with E-state index in [4.69, 9.17) is 9.15 Å². The number of allylic oxidation sites excluding steroid dienone is 4. The quantitative estimate of drug-likeness (QED) is 0.837. The Morgan fingerprint density at radius 3 is 2.85 bits per heavy atom. The van der Waals surface area contributed by atoms with Gasteiger partial charge in [-0.3, -0.25) is 0 Å². The van der Waals surface area contributed by atoms with Gasteiger partial charge in [-0.1, -0.05) is 48.6 Å². The molecule has 1 heterocycles. The maximum Gasteiger partial charge on any atom is 0.344 e. The standard InChI is InChI=1S/C17H14O3/c1-19-13-8-6-5-7-12(11-13)16-14-9-3-2-4-10-15(14)20-17(16)18/h2-11,13H,1H3. The highest BCUT2D eigenvalue weighted by Gasteiger charge is 2.19. The second-order valence-corrected chi connectivity index (χ2v) is 4.52. The van der Waals surface area contributed by atoms with Crippen molar-refractivity contribution >= 4 is 5.57 Å². The second-order valence-electron chi connectivity index (χ2n) is 4.52. The minimum absolute atomic E-state index is 0.151. The Morgan fingerprint density at radius 2 is 2.00 bits per heavy atom. The van der Waals surface area contributed by atoms with Crippen molar-refractivity contribution in [3.8, 4) is 11.3 Å². The average Bonchev–Trinajstić information content (AvgIpc) is 2.69. The fourth-order valence-corrected chi connectivity index (χ4v) is 2.29. The molecular formula is C17H14O3. The molecule has 20 heavy (non-hydrogen) atoms. The Hall–Kier alpha value is -2.39. The van der Waals surface area contributed by atoms with Crippen molar-refractivity contribution in [1.82, 2.24) is 0 Å². The highest BCUT2D eigenvalue weighted by atomic mass is 16.5. The van der Waals surface area contributed by atoms with Crippen LogP contribution in [0.3, 0.4) is 0 Å². The second kappa shape index (κ2) is 5.31. The summed E-state index contributed by atoms with van der Waals surface area (Å²) in [7, 11) is 1.64. The molecule has 0 amide bonds. The van der Waals surface area contributed by atoms with Crippen LogP contribution >= 0.6 is 0 Å². The van der Waals surface area contributed by atoms with Crippen molar-refractivity contribution in [3.63, 3.8) is 0 Å². The van der Waals surface area contributed by atoms with E-state index in [0.717, 1.165) is 11.1 Å². The van der Waals surface area contributed by atoms with Crippen LogP contribution in [0.15, 0.2) is 69.9 Å². The Balaban J connectivity index is 2.19. The van der Waals surface area contributed by atoms with Gasteiger partial charge in [0, 0.05) is 12.7 Å². The zero-order valence-electron chi connectivity index (χ0n) is 11.1. The summed E-state index contributed by atoms with van der Waals surface area (Å²) in [6, 6.07) is 9.35. The molecule has 0 aromatic rings. The topological polar surface area (TPSA) is 39.4 Å². The van der Waals surface area contributed by atoms with Gasteiger partial charge in [-0.15, -0.1) is 0 Å². The van der Waals surface area contributed by atoms with Gasteiger partial charge in [-0.05, 0) is 17.7 Å². The van der Waals surface area contributed by atoms with Crippen LogP contribution in [0.4, 0.5) is 0 Å². The molecule has 1 atom stereocenters. The Labute approximate surface area is 116 Å². The van der Waals surface area contributed by atoms with E-state index in [1.54, 1.807) is 13.2 Å². The van der Waals surface area contributed by atoms with Crippen molar-refractivity contribution in [3.05, 3.63) is 76.7 Å². The monoisotopic (exact) mass is 266 g/mol. The summed E-state index contributed by atoms with van der Waals surface area (Å²) in [5.41, 5.74) is 1.89. The summed E-state index contributed by atoms with van der Waals surface area (Å²) >= 11 is 0. The SMILES string of the molecule is COC1C=CC=CC(c2c3cccccc-3oc2=O)=C1. The van der Waals surface area contributed by atoms with Crippen LogP contribution in [0.1, 0.15) is 5.56 Å². The van der Waals surface area contributed by atoms with Gasteiger partial charge in [0.1, 0.15) is 5.76 Å². The fraction of sp³-hybridized carbons (Fsp3) is 0.118. The van der Waals surface area contributed by atoms with E-state index in [2.05, 4.69) is 0 Å². The lowest BCUT2D eigenvalue weighted by Crippen LogP contribution is -2.05. The highest BCUT2D eigenvalue weighted by Crippen LogP contribution is 2.30. The van der Waals surface area contributed by atoms with E-state index in [-0.39, 0.29) is 11.7 Å². The van der Waals surface area contributed by atoms with Crippen LogP contribution in [-0.2, 0) is 4.74 Å². The number of ether oxygens (including phenoxy) is 1. The first-order valence-corrected chi connectivity index (χ1v) is 6.41. The van der Waals surface area contributed by atoms with Crippen molar-refractivity contribution in [2.75, 3.05) is 7.11 Å². The number of furan rings is 1. The zero-order valence-corrected chi connectivity index (χ0v) is 11.1. The summed E-state index contributed by atoms with van der Waals surface area (Å²) in [5.74, 6) is 0.593. The molecule has 3 nitrogen and oxygen atoms in total. The number of fused-ring (bicyclic) bond motifs is 1. The van der Waals surface area contributed by atoms with E-state index >= 15 is 0 Å². The number of methoxy groups -OCH3 is 1. The van der Waals surface area contributed by atoms with E-state index in [0.29, 0.717) is 11.3 Å². The molecule has 1 aliphatic heterocycles. The van der Waals surface area contributed by atoms with Crippen LogP contribution in [-0.4, -0.2) is 13.2 Å². The molecule has 0 saturated heterocycles. The van der Waals surface area contributed by atoms with Crippen molar-refractivity contribution in [1.29, 1.82) is 0 Å². The molecule has 0 saturated carbocycles. The molecule has 0 bridgehead atoms. The smallest absolute Gasteiger partial charge is 0.344 e. The maximum atomic E-state index is 12.1. The predicted octanol–water partition coefficient (Wildman–Crippen LogP) is 3.27. The zero-order chi connectivity index (χ0) is 13.9. The van der Waals surface area contributed by atoms with Gasteiger partial charge in [0.15, 0.2) is 0 Å². The Kier molecular flexibility index (Phi) is 3.35. The Morgan fingerprint density at radius 1 is 1.15 bits per heavy atom. The lowest BCUT2D eigenvalue weighted by molar-refractivity contribution is 0.178. The minimum Gasteiger partial charge on any atom is -0.422 e. The molecule has 0 spiro atoms. The molecule has 1 unspecified atom stereocenters. The normalized spacial score (nSPS) is 18.1. The van der Waals surface area contributed by atoms with Crippen molar-refractivity contribution in [2.45, 2.75) is 6.10 Å². The van der Waals surface area contributed by atoms with E-state index in [1.807, 2.05) is 54.6 Å². The molecule has 0 fully saturated rings. The molecule has 0 radical (unpaired) electrons. The summed E-state index contributed by atoms with van der Waals surface area (Å²) in [5, 5.41) is 0. The van der Waals surface area contributed by atoms with Gasteiger partial charge >= 0.3 is 5.63 Å². The molecule has 3 rings (SSSR count). The third-order valence-corrected chi connectivity index (χ3v) is 3.27. The highest BCUT2D eigenvalue weighted by molar-refractivity contribution is 5.85. The summed E-state index contributed by atoms with van der Waals surface area (Å²) < 4.78 is 10.7. The van der Waals surface area contributed by atoms with Crippen LogP contribution < -0.4 is 5.63 Å². The molecule has 0 aromatic carbocycles. The summed E-state index contributed by atoms with van der Waals surface area (Å²) in [4.78, 5) is 12.1. The molecule has 0 N–H and O–H groups in total. The van der Waals surface area contributed by atoms with Gasteiger partial charge in [0.05, 0.1) is 11.7 Å². The van der Waals surface area contributed by atoms with Crippen LogP contribution in [0, 0.1) is 0 Å². The molecular weight excluding hydrogens is 252 g/mol. The molecule has 100 valence electrons.